The molecule has 46 heavy (non-hydrogen) atoms. The molecule has 1 saturated heterocycles. The summed E-state index contributed by atoms with van der Waals surface area (Å²) in [6, 6.07) is 17.7. The molecule has 0 saturated carbocycles. The van der Waals surface area contributed by atoms with E-state index < -0.39 is 41.2 Å². The van der Waals surface area contributed by atoms with E-state index in [1.54, 1.807) is 6.92 Å². The highest BCUT2D eigenvalue weighted by Crippen LogP contribution is 2.41. The van der Waals surface area contributed by atoms with Gasteiger partial charge in [-0.15, -0.1) is 34.7 Å². The summed E-state index contributed by atoms with van der Waals surface area (Å²) >= 11 is 8.02. The Morgan fingerprint density at radius 2 is 1.78 bits per heavy atom. The second-order valence-corrected chi connectivity index (χ2v) is 12.2. The highest BCUT2D eigenvalue weighted by atomic mass is 35.5. The number of thioether (sulfide) groups is 1. The highest BCUT2D eigenvalue weighted by molar-refractivity contribution is 8.00. The molecule has 15 heteroatoms. The van der Waals surface area contributed by atoms with E-state index >= 15 is 0 Å². The minimum absolute atomic E-state index is 0.0975. The highest BCUT2D eigenvalue weighted by Gasteiger charge is 2.55. The van der Waals surface area contributed by atoms with Gasteiger partial charge < -0.3 is 24.9 Å². The third-order valence-electron chi connectivity index (χ3n) is 6.89. The van der Waals surface area contributed by atoms with E-state index in [0.29, 0.717) is 11.3 Å². The van der Waals surface area contributed by atoms with Crippen LogP contribution in [0.1, 0.15) is 29.8 Å². The minimum atomic E-state index is -0.968. The molecule has 0 aliphatic carbocycles. The first-order valence-corrected chi connectivity index (χ1v) is 16.6. The van der Waals surface area contributed by atoms with E-state index in [0.717, 1.165) is 22.5 Å². The minimum Gasteiger partial charge on any atom is -0.448 e. The summed E-state index contributed by atoms with van der Waals surface area (Å²) in [6.45, 7) is 1.99. The van der Waals surface area contributed by atoms with Crippen LogP contribution in [0.25, 0.3) is 0 Å². The second-order valence-electron chi connectivity index (χ2n) is 9.93. The Bertz CT molecular complexity index is 1610. The van der Waals surface area contributed by atoms with Gasteiger partial charge >= 0.3 is 5.97 Å². The van der Waals surface area contributed by atoms with Gasteiger partial charge in [0.15, 0.2) is 16.9 Å². The van der Waals surface area contributed by atoms with Gasteiger partial charge in [0.2, 0.25) is 5.91 Å². The average Bonchev–Trinajstić information content (AvgIpc) is 3.54. The van der Waals surface area contributed by atoms with Crippen LogP contribution in [-0.2, 0) is 33.5 Å². The molecule has 3 heterocycles. The Morgan fingerprint density at radius 1 is 1.11 bits per heavy atom. The zero-order chi connectivity index (χ0) is 32.6. The van der Waals surface area contributed by atoms with Gasteiger partial charge in [-0.3, -0.25) is 19.3 Å². The van der Waals surface area contributed by atoms with Gasteiger partial charge in [0, 0.05) is 18.2 Å². The lowest BCUT2D eigenvalue weighted by Crippen LogP contribution is -2.71. The molecule has 0 spiro atoms. The number of nitrogens with one attached hydrogen (secondary N) is 2. The van der Waals surface area contributed by atoms with Gasteiger partial charge in [-0.1, -0.05) is 65.8 Å². The lowest BCUT2D eigenvalue weighted by molar-refractivity contribution is -0.154. The number of aromatic nitrogens is 1. The average molecular weight is 684 g/mol. The normalized spacial score (nSPS) is 17.7. The summed E-state index contributed by atoms with van der Waals surface area (Å²) in [5.41, 5.74) is 2.19. The molecule has 5 rings (SSSR count). The summed E-state index contributed by atoms with van der Waals surface area (Å²) in [4.78, 5) is 63.4. The molecular weight excluding hydrogens is 654 g/mol. The number of anilines is 1. The Labute approximate surface area is 278 Å². The molecule has 1 fully saturated rings. The van der Waals surface area contributed by atoms with Gasteiger partial charge in [-0.25, -0.2) is 9.78 Å². The fourth-order valence-electron chi connectivity index (χ4n) is 4.84. The van der Waals surface area contributed by atoms with Gasteiger partial charge in [-0.05, 0) is 23.6 Å². The summed E-state index contributed by atoms with van der Waals surface area (Å²) in [6.07, 6.45) is -0.722. The molecule has 12 nitrogen and oxygen atoms in total. The Kier molecular flexibility index (Phi) is 11.1. The topological polar surface area (TPSA) is 149 Å². The number of esters is 1. The molecule has 2 atom stereocenters. The molecule has 2 aliphatic heterocycles. The van der Waals surface area contributed by atoms with E-state index in [2.05, 4.69) is 20.8 Å². The van der Waals surface area contributed by atoms with Crippen LogP contribution in [0, 0.1) is 0 Å². The lowest BCUT2D eigenvalue weighted by atomic mass is 10.0. The first-order chi connectivity index (χ1) is 22.4. The SMILES string of the molecule is CCO/N=C(/C(=O)NC1C(=O)N2C(C(=O)OC(c3ccccc3)c3ccccc3)=C(COC)CS[C@H]12)c1csc(NC(=O)CCl)n1. The van der Waals surface area contributed by atoms with Crippen molar-refractivity contribution in [1.82, 2.24) is 15.2 Å². The monoisotopic (exact) mass is 683 g/mol. The van der Waals surface area contributed by atoms with Crippen LogP contribution < -0.4 is 10.6 Å². The number of hydrogen-bond donors (Lipinski definition) is 2. The molecule has 240 valence electrons. The number of ether oxygens (including phenoxy) is 2. The van der Waals surface area contributed by atoms with E-state index in [9.17, 15) is 19.2 Å². The third kappa shape index (κ3) is 7.25. The van der Waals surface area contributed by atoms with Crippen LogP contribution in [0.3, 0.4) is 0 Å². The van der Waals surface area contributed by atoms with E-state index in [4.69, 9.17) is 25.9 Å². The number of methoxy groups -OCH3 is 1. The number of β-lactam (4-membered cyclic amide) rings is 1. The number of nitrogens with zero attached hydrogens (tertiary/aromatic N) is 3. The van der Waals surface area contributed by atoms with Gasteiger partial charge in [0.1, 0.15) is 35.3 Å². The number of oxime groups is 1. The van der Waals surface area contributed by atoms with Crippen molar-refractivity contribution >= 4 is 69.2 Å². The molecular formula is C31H30ClN5O7S2. The number of carbonyl (C=O) groups excluding carboxylic acids is 4. The lowest BCUT2D eigenvalue weighted by Gasteiger charge is -2.49. The van der Waals surface area contributed by atoms with Crippen LogP contribution in [0.15, 0.2) is 82.5 Å². The maximum absolute atomic E-state index is 13.9. The van der Waals surface area contributed by atoms with Gasteiger partial charge in [-0.2, -0.15) is 0 Å². The molecule has 0 radical (unpaired) electrons. The molecule has 3 aromatic rings. The van der Waals surface area contributed by atoms with Crippen LogP contribution >= 0.6 is 34.7 Å². The molecule has 1 unspecified atom stereocenters. The number of rotatable bonds is 13. The maximum atomic E-state index is 13.9. The number of fused-ring (bicyclic) bond motifs is 1. The summed E-state index contributed by atoms with van der Waals surface area (Å²) < 4.78 is 11.5. The predicted octanol–water partition coefficient (Wildman–Crippen LogP) is 3.69. The van der Waals surface area contributed by atoms with Crippen LogP contribution in [-0.4, -0.2) is 82.7 Å². The molecule has 1 aromatic heterocycles. The quantitative estimate of drug-likeness (QED) is 0.0905. The van der Waals surface area contributed by atoms with Crippen molar-refractivity contribution in [2.24, 2.45) is 5.16 Å². The van der Waals surface area contributed by atoms with Crippen LogP contribution in [0.2, 0.25) is 0 Å². The number of benzene rings is 2. The smallest absolute Gasteiger partial charge is 0.356 e. The molecule has 2 aromatic carbocycles. The molecule has 2 aliphatic rings. The summed E-state index contributed by atoms with van der Waals surface area (Å²) in [7, 11) is 1.51. The Hall–Kier alpha value is -4.24. The first-order valence-electron chi connectivity index (χ1n) is 14.1. The Morgan fingerprint density at radius 3 is 2.39 bits per heavy atom. The number of thiazole rings is 1. The number of alkyl halides is 1. The van der Waals surface area contributed by atoms with Gasteiger partial charge in [0.05, 0.1) is 6.61 Å². The third-order valence-corrected chi connectivity index (χ3v) is 9.23. The number of amides is 3. The maximum Gasteiger partial charge on any atom is 0.356 e. The number of carbonyl (C=O) groups is 4. The van der Waals surface area contributed by atoms with Crippen molar-refractivity contribution in [3.8, 4) is 0 Å². The predicted molar refractivity (Wildman–Crippen MR) is 174 cm³/mol. The van der Waals surface area contributed by atoms with Gasteiger partial charge in [0.25, 0.3) is 11.8 Å². The fourth-order valence-corrected chi connectivity index (χ4v) is 6.95. The zero-order valence-electron chi connectivity index (χ0n) is 24.8. The zero-order valence-corrected chi connectivity index (χ0v) is 27.2. The largest absolute Gasteiger partial charge is 0.448 e. The van der Waals surface area contributed by atoms with Crippen molar-refractivity contribution < 1.29 is 33.5 Å². The summed E-state index contributed by atoms with van der Waals surface area (Å²) in [5, 5.41) is 10.3. The van der Waals surface area contributed by atoms with E-state index in [1.165, 1.54) is 29.2 Å². The first kappa shape index (κ1) is 33.1. The fraction of sp³-hybridized carbons (Fsp3) is 0.290. The molecule has 3 amide bonds. The summed E-state index contributed by atoms with van der Waals surface area (Å²) in [5.74, 6) is -2.23. The van der Waals surface area contributed by atoms with E-state index in [1.807, 2.05) is 60.7 Å². The van der Waals surface area contributed by atoms with Crippen molar-refractivity contribution in [2.75, 3.05) is 37.3 Å². The van der Waals surface area contributed by atoms with Crippen LogP contribution in [0.4, 0.5) is 5.13 Å². The standard InChI is InChI=1S/C31H30ClN5O7S2/c1-3-43-36-23(21-17-46-31(33-21)34-22(38)14-32)27(39)35-24-28(40)37-25(20(15-42-2)16-45-29(24)37)30(41)44-26(18-10-6-4-7-11-18)19-12-8-5-9-13-19/h4-13,17,24,26,29H,3,14-16H2,1-2H3,(H,35,39)(H,33,34,38)/b36-23+/t24?,29-/m1/s1. The van der Waals surface area contributed by atoms with Crippen molar-refractivity contribution in [2.45, 2.75) is 24.4 Å². The number of halogens is 1. The van der Waals surface area contributed by atoms with Crippen molar-refractivity contribution in [1.29, 1.82) is 0 Å². The second kappa shape index (κ2) is 15.4. The Balaban J connectivity index is 1.36. The molecule has 2 N–H and O–H groups in total. The number of hydrogen-bond acceptors (Lipinski definition) is 11. The molecule has 0 bridgehead atoms. The van der Waals surface area contributed by atoms with Crippen LogP contribution in [0.5, 0.6) is 0 Å². The van der Waals surface area contributed by atoms with Crippen molar-refractivity contribution in [3.05, 3.63) is 94.1 Å². The van der Waals surface area contributed by atoms with Crippen molar-refractivity contribution in [3.63, 3.8) is 0 Å². The van der Waals surface area contributed by atoms with E-state index in [-0.39, 0.29) is 41.3 Å².